The molecule has 5 fully saturated rings. The number of hydrogen-bond donors (Lipinski definition) is 3. The number of nitrogens with zero attached hydrogens (tertiary/aromatic N) is 1. The van der Waals surface area contributed by atoms with Gasteiger partial charge in [-0.1, -0.05) is 0 Å². The van der Waals surface area contributed by atoms with E-state index in [-0.39, 0.29) is 0 Å². The third-order valence-electron chi connectivity index (χ3n) is 5.55. The van der Waals surface area contributed by atoms with E-state index in [0.717, 1.165) is 50.9 Å². The summed E-state index contributed by atoms with van der Waals surface area (Å²) in [5.41, 5.74) is -0.178. The summed E-state index contributed by atoms with van der Waals surface area (Å²) >= 11 is 0. The van der Waals surface area contributed by atoms with Gasteiger partial charge in [0.2, 0.25) is 0 Å². The van der Waals surface area contributed by atoms with Gasteiger partial charge in [0.15, 0.2) is 0 Å². The minimum atomic E-state index is -0.473. The zero-order chi connectivity index (χ0) is 11.0. The molecule has 5 rings (SSSR count). The van der Waals surface area contributed by atoms with E-state index in [1.54, 1.807) is 0 Å². The Labute approximate surface area is 95.6 Å². The van der Waals surface area contributed by atoms with Crippen LogP contribution in [0.4, 0.5) is 0 Å². The van der Waals surface area contributed by atoms with Crippen molar-refractivity contribution in [2.45, 2.75) is 24.5 Å². The van der Waals surface area contributed by atoms with Gasteiger partial charge in [-0.15, -0.1) is 0 Å². The molecule has 3 N–H and O–H groups in total. The molecule has 16 heavy (non-hydrogen) atoms. The number of piperidine rings is 2. The lowest BCUT2D eigenvalue weighted by Gasteiger charge is -2.36. The van der Waals surface area contributed by atoms with E-state index in [0.29, 0.717) is 18.1 Å². The Morgan fingerprint density at radius 3 is 2.62 bits per heavy atom. The normalized spacial score (nSPS) is 52.5. The van der Waals surface area contributed by atoms with Gasteiger partial charge >= 0.3 is 0 Å². The topological polar surface area (TPSA) is 55.7 Å². The van der Waals surface area contributed by atoms with Crippen molar-refractivity contribution in [1.82, 2.24) is 10.2 Å². The van der Waals surface area contributed by atoms with E-state index < -0.39 is 5.60 Å². The van der Waals surface area contributed by atoms with Crippen molar-refractivity contribution in [1.29, 1.82) is 0 Å². The van der Waals surface area contributed by atoms with E-state index in [1.165, 1.54) is 0 Å². The lowest BCUT2D eigenvalue weighted by molar-refractivity contribution is -0.0185. The molecule has 4 atom stereocenters. The van der Waals surface area contributed by atoms with Gasteiger partial charge < -0.3 is 15.5 Å². The first-order valence-corrected chi connectivity index (χ1v) is 6.49. The van der Waals surface area contributed by atoms with Crippen LogP contribution in [0.1, 0.15) is 12.8 Å². The van der Waals surface area contributed by atoms with Crippen LogP contribution in [0.25, 0.3) is 0 Å². The van der Waals surface area contributed by atoms with Crippen LogP contribution >= 0.6 is 0 Å². The Kier molecular flexibility index (Phi) is 1.72. The van der Waals surface area contributed by atoms with Crippen LogP contribution in [0.5, 0.6) is 0 Å². The average Bonchev–Trinajstić information content (AvgIpc) is 3.02. The second-order valence-corrected chi connectivity index (χ2v) is 6.25. The lowest BCUT2D eigenvalue weighted by atomic mass is 9.92. The summed E-state index contributed by atoms with van der Waals surface area (Å²) in [6.45, 7) is 4.18. The summed E-state index contributed by atoms with van der Waals surface area (Å²) in [5, 5.41) is 23.2. The maximum atomic E-state index is 10.5. The van der Waals surface area contributed by atoms with Gasteiger partial charge in [0, 0.05) is 24.5 Å². The highest BCUT2D eigenvalue weighted by atomic mass is 16.3. The summed E-state index contributed by atoms with van der Waals surface area (Å²) in [7, 11) is 0. The van der Waals surface area contributed by atoms with Gasteiger partial charge in [-0.3, -0.25) is 4.90 Å². The summed E-state index contributed by atoms with van der Waals surface area (Å²) < 4.78 is 0. The van der Waals surface area contributed by atoms with Crippen LogP contribution in [0, 0.1) is 17.3 Å². The fourth-order valence-electron chi connectivity index (χ4n) is 4.49. The maximum Gasteiger partial charge on any atom is 0.0798 e. The molecule has 0 aromatic carbocycles. The molecule has 0 amide bonds. The first-order chi connectivity index (χ1) is 7.71. The van der Waals surface area contributed by atoms with Gasteiger partial charge in [0.05, 0.1) is 12.2 Å². The average molecular weight is 224 g/mol. The van der Waals surface area contributed by atoms with Crippen LogP contribution in [0.2, 0.25) is 0 Å². The van der Waals surface area contributed by atoms with Crippen LogP contribution < -0.4 is 5.32 Å². The molecule has 4 nitrogen and oxygen atoms in total. The van der Waals surface area contributed by atoms with E-state index in [4.69, 9.17) is 0 Å². The molecule has 3 aliphatic heterocycles. The largest absolute Gasteiger partial charge is 0.396 e. The van der Waals surface area contributed by atoms with Crippen molar-refractivity contribution in [3.05, 3.63) is 0 Å². The zero-order valence-corrected chi connectivity index (χ0v) is 9.52. The predicted octanol–water partition coefficient (Wildman–Crippen LogP) is -0.977. The van der Waals surface area contributed by atoms with Gasteiger partial charge in [-0.2, -0.15) is 0 Å². The molecule has 2 aliphatic carbocycles. The Balaban J connectivity index is 1.42. The van der Waals surface area contributed by atoms with Gasteiger partial charge in [-0.05, 0) is 37.8 Å². The second-order valence-electron chi connectivity index (χ2n) is 6.25. The molecule has 4 heteroatoms. The van der Waals surface area contributed by atoms with E-state index in [9.17, 15) is 10.2 Å². The summed E-state index contributed by atoms with van der Waals surface area (Å²) in [4.78, 5) is 2.44. The molecule has 3 heterocycles. The number of aliphatic hydroxyl groups excluding tert-OH is 1. The van der Waals surface area contributed by atoms with Crippen molar-refractivity contribution in [3.63, 3.8) is 0 Å². The molecular formula is C12H20N2O2. The number of hydrogen-bond acceptors (Lipinski definition) is 4. The Morgan fingerprint density at radius 2 is 2.06 bits per heavy atom. The lowest BCUT2D eigenvalue weighted by Crippen LogP contribution is -2.49. The van der Waals surface area contributed by atoms with Crippen molar-refractivity contribution in [3.8, 4) is 0 Å². The molecule has 3 saturated heterocycles. The van der Waals surface area contributed by atoms with Crippen molar-refractivity contribution < 1.29 is 10.2 Å². The minimum absolute atomic E-state index is 0.295. The van der Waals surface area contributed by atoms with Crippen LogP contribution in [-0.4, -0.2) is 59.5 Å². The molecule has 5 aliphatic rings. The fraction of sp³-hybridized carbons (Fsp3) is 1.00. The highest BCUT2D eigenvalue weighted by Gasteiger charge is 2.91. The smallest absolute Gasteiger partial charge is 0.0798 e. The summed E-state index contributed by atoms with van der Waals surface area (Å²) in [6.07, 6.45) is 1.75. The van der Waals surface area contributed by atoms with Crippen LogP contribution in [0.15, 0.2) is 0 Å². The van der Waals surface area contributed by atoms with Crippen molar-refractivity contribution in [2.75, 3.05) is 32.8 Å². The molecule has 0 spiro atoms. The molecule has 0 aromatic rings. The third kappa shape index (κ3) is 0.997. The quantitative estimate of drug-likeness (QED) is 0.577. The van der Waals surface area contributed by atoms with Gasteiger partial charge in [0.1, 0.15) is 0 Å². The third-order valence-corrected chi connectivity index (χ3v) is 5.55. The first kappa shape index (κ1) is 9.83. The van der Waals surface area contributed by atoms with Gasteiger partial charge in [0.25, 0.3) is 0 Å². The number of nitrogens with one attached hydrogen (secondary N) is 1. The molecule has 1 unspecified atom stereocenters. The van der Waals surface area contributed by atoms with E-state index >= 15 is 0 Å². The van der Waals surface area contributed by atoms with E-state index in [1.807, 2.05) is 0 Å². The summed E-state index contributed by atoms with van der Waals surface area (Å²) in [6, 6.07) is 0.612. The highest BCUT2D eigenvalue weighted by molar-refractivity contribution is 5.41. The zero-order valence-electron chi connectivity index (χ0n) is 9.52. The number of fused-ring (bicyclic) bond motifs is 1. The van der Waals surface area contributed by atoms with Gasteiger partial charge in [-0.25, -0.2) is 0 Å². The monoisotopic (exact) mass is 224 g/mol. The molecule has 2 bridgehead atoms. The standard InChI is InChI=1S/C12H20N2O2/c15-7-12-8-5-14(10(12)9(8)12)6-11(16)1-3-13-4-2-11/h8-10,13,15-16H,1-7H2/t8-,9-,10?,12+/m1/s1. The molecule has 0 aromatic heterocycles. The first-order valence-electron chi connectivity index (χ1n) is 6.49. The number of aliphatic hydroxyl groups is 2. The summed E-state index contributed by atoms with van der Waals surface area (Å²) in [5.74, 6) is 1.54. The Morgan fingerprint density at radius 1 is 1.31 bits per heavy atom. The minimum Gasteiger partial charge on any atom is -0.396 e. The molecule has 2 saturated carbocycles. The van der Waals surface area contributed by atoms with Crippen LogP contribution in [-0.2, 0) is 0 Å². The Hall–Kier alpha value is -0.160. The Bertz CT molecular complexity index is 323. The molecule has 90 valence electrons. The fourth-order valence-corrected chi connectivity index (χ4v) is 4.49. The van der Waals surface area contributed by atoms with E-state index in [2.05, 4.69) is 10.2 Å². The molecular weight excluding hydrogens is 204 g/mol. The second kappa shape index (κ2) is 2.80. The van der Waals surface area contributed by atoms with Crippen LogP contribution in [0.3, 0.4) is 0 Å². The number of rotatable bonds is 3. The van der Waals surface area contributed by atoms with Crippen molar-refractivity contribution in [2.24, 2.45) is 17.3 Å². The molecule has 0 radical (unpaired) electrons. The predicted molar refractivity (Wildman–Crippen MR) is 58.9 cm³/mol. The van der Waals surface area contributed by atoms with Crippen molar-refractivity contribution >= 4 is 0 Å². The maximum absolute atomic E-state index is 10.5. The SMILES string of the molecule is OC[C@@]12C3[C@H]1[C@H]2CN3CC1(O)CCNCC1. The highest BCUT2D eigenvalue weighted by Crippen LogP contribution is 2.85.